The second kappa shape index (κ2) is 11.4. The van der Waals surface area contributed by atoms with Crippen molar-refractivity contribution < 1.29 is 22.7 Å². The summed E-state index contributed by atoms with van der Waals surface area (Å²) < 4.78 is 38.6. The number of hydrogen-bond donors (Lipinski definition) is 1. The molecule has 9 heteroatoms. The average Bonchev–Trinajstić information content (AvgIpc) is 2.77. The molecule has 1 aliphatic heterocycles. The maximum absolute atomic E-state index is 13.1. The maximum atomic E-state index is 13.1. The highest BCUT2D eigenvalue weighted by Gasteiger charge is 2.27. The number of nitrogens with zero attached hydrogens (tertiary/aromatic N) is 1. The van der Waals surface area contributed by atoms with Crippen molar-refractivity contribution in [1.82, 2.24) is 4.31 Å². The summed E-state index contributed by atoms with van der Waals surface area (Å²) in [6.07, 6.45) is 0.168. The monoisotopic (exact) mass is 492 g/mol. The standard InChI is InChI=1S/C24H32N2O5S2/c1-17(2)31-23-8-7-21(33(28,29)26-10-12-30-13-11-26)16-22(23)25-24(27)9-14-32-20-6-5-18(3)19(4)15-20/h5-8,15-17H,9-14H2,1-4H3,(H,25,27). The number of anilines is 1. The van der Waals surface area contributed by atoms with Crippen LogP contribution in [0.1, 0.15) is 31.4 Å². The van der Waals surface area contributed by atoms with E-state index in [1.807, 2.05) is 13.8 Å². The molecule has 3 rings (SSSR count). The van der Waals surface area contributed by atoms with Gasteiger partial charge in [0, 0.05) is 30.2 Å². The highest BCUT2D eigenvalue weighted by molar-refractivity contribution is 7.99. The zero-order chi connectivity index (χ0) is 24.0. The SMILES string of the molecule is Cc1ccc(SCCC(=O)Nc2cc(S(=O)(=O)N3CCOCC3)ccc2OC(C)C)cc1C. The quantitative estimate of drug-likeness (QED) is 0.527. The van der Waals surface area contributed by atoms with E-state index >= 15 is 0 Å². The number of aryl methyl sites for hydroxylation is 2. The number of ether oxygens (including phenoxy) is 2. The molecule has 0 spiro atoms. The molecule has 0 radical (unpaired) electrons. The summed E-state index contributed by atoms with van der Waals surface area (Å²) in [4.78, 5) is 13.9. The molecule has 1 aliphatic rings. The van der Waals surface area contributed by atoms with Crippen molar-refractivity contribution >= 4 is 33.4 Å². The molecule has 1 saturated heterocycles. The summed E-state index contributed by atoms with van der Waals surface area (Å²) in [6.45, 7) is 9.26. The van der Waals surface area contributed by atoms with Gasteiger partial charge in [0.2, 0.25) is 15.9 Å². The van der Waals surface area contributed by atoms with Crippen molar-refractivity contribution in [1.29, 1.82) is 0 Å². The number of rotatable bonds is 9. The van der Waals surface area contributed by atoms with E-state index in [2.05, 4.69) is 37.4 Å². The number of thioether (sulfide) groups is 1. The lowest BCUT2D eigenvalue weighted by atomic mass is 10.1. The van der Waals surface area contributed by atoms with Gasteiger partial charge in [0.1, 0.15) is 5.75 Å². The summed E-state index contributed by atoms with van der Waals surface area (Å²) in [6, 6.07) is 10.9. The third-order valence-corrected chi connectivity index (χ3v) is 8.16. The van der Waals surface area contributed by atoms with E-state index in [0.29, 0.717) is 49.9 Å². The second-order valence-electron chi connectivity index (χ2n) is 8.23. The minimum absolute atomic E-state index is 0.123. The number of morpholine rings is 1. The van der Waals surface area contributed by atoms with E-state index in [1.165, 1.54) is 27.6 Å². The van der Waals surface area contributed by atoms with E-state index in [0.717, 1.165) is 4.90 Å². The molecule has 1 heterocycles. The predicted molar refractivity (Wildman–Crippen MR) is 132 cm³/mol. The van der Waals surface area contributed by atoms with Crippen LogP contribution >= 0.6 is 11.8 Å². The van der Waals surface area contributed by atoms with Gasteiger partial charge in [-0.2, -0.15) is 4.31 Å². The van der Waals surface area contributed by atoms with Crippen LogP contribution in [0.25, 0.3) is 0 Å². The Bertz CT molecular complexity index is 1080. The van der Waals surface area contributed by atoms with E-state index < -0.39 is 10.0 Å². The van der Waals surface area contributed by atoms with Gasteiger partial charge in [0.15, 0.2) is 0 Å². The van der Waals surface area contributed by atoms with Crippen LogP contribution in [0.2, 0.25) is 0 Å². The third kappa shape index (κ3) is 6.96. The molecule has 0 aromatic heterocycles. The number of nitrogens with one attached hydrogen (secondary N) is 1. The first-order valence-corrected chi connectivity index (χ1v) is 13.5. The third-order valence-electron chi connectivity index (χ3n) is 5.27. The van der Waals surface area contributed by atoms with Crippen LogP contribution in [0.3, 0.4) is 0 Å². The zero-order valence-corrected chi connectivity index (χ0v) is 21.2. The Morgan fingerprint density at radius 3 is 2.52 bits per heavy atom. The Balaban J connectivity index is 1.71. The van der Waals surface area contributed by atoms with Crippen LogP contribution in [-0.2, 0) is 19.6 Å². The van der Waals surface area contributed by atoms with Gasteiger partial charge in [-0.1, -0.05) is 6.07 Å². The Kier molecular flexibility index (Phi) is 8.81. The minimum Gasteiger partial charge on any atom is -0.489 e. The molecule has 2 aromatic carbocycles. The number of carbonyl (C=O) groups is 1. The average molecular weight is 493 g/mol. The summed E-state index contributed by atoms with van der Waals surface area (Å²) in [7, 11) is -3.68. The van der Waals surface area contributed by atoms with E-state index in [9.17, 15) is 13.2 Å². The van der Waals surface area contributed by atoms with Crippen molar-refractivity contribution in [3.05, 3.63) is 47.5 Å². The van der Waals surface area contributed by atoms with Crippen LogP contribution in [0.15, 0.2) is 46.2 Å². The molecule has 180 valence electrons. The first-order valence-electron chi connectivity index (χ1n) is 11.1. The van der Waals surface area contributed by atoms with Crippen LogP contribution < -0.4 is 10.1 Å². The molecule has 1 fully saturated rings. The Labute approximate surface area is 200 Å². The number of sulfonamides is 1. The largest absolute Gasteiger partial charge is 0.489 e. The van der Waals surface area contributed by atoms with Crippen molar-refractivity contribution in [2.45, 2.75) is 50.0 Å². The van der Waals surface area contributed by atoms with Crippen LogP contribution in [0.4, 0.5) is 5.69 Å². The summed E-state index contributed by atoms with van der Waals surface area (Å²) in [5.74, 6) is 0.863. The minimum atomic E-state index is -3.68. The summed E-state index contributed by atoms with van der Waals surface area (Å²) in [5, 5.41) is 2.85. The molecular weight excluding hydrogens is 460 g/mol. The highest BCUT2D eigenvalue weighted by Crippen LogP contribution is 2.31. The van der Waals surface area contributed by atoms with Crippen molar-refractivity contribution in [3.63, 3.8) is 0 Å². The molecule has 33 heavy (non-hydrogen) atoms. The van der Waals surface area contributed by atoms with E-state index in [-0.39, 0.29) is 16.9 Å². The molecule has 0 aliphatic carbocycles. The first kappa shape index (κ1) is 25.6. The fourth-order valence-electron chi connectivity index (χ4n) is 3.34. The molecule has 7 nitrogen and oxygen atoms in total. The number of benzene rings is 2. The van der Waals surface area contributed by atoms with Gasteiger partial charge in [0.25, 0.3) is 0 Å². The van der Waals surface area contributed by atoms with Crippen molar-refractivity contribution in [2.75, 3.05) is 37.4 Å². The Hall–Kier alpha value is -2.07. The summed E-state index contributed by atoms with van der Waals surface area (Å²) >= 11 is 1.62. The molecule has 0 atom stereocenters. The molecule has 0 unspecified atom stereocenters. The van der Waals surface area contributed by atoms with Crippen LogP contribution in [-0.4, -0.2) is 56.8 Å². The van der Waals surface area contributed by atoms with E-state index in [4.69, 9.17) is 9.47 Å². The van der Waals surface area contributed by atoms with Crippen molar-refractivity contribution in [2.24, 2.45) is 0 Å². The van der Waals surface area contributed by atoms with Gasteiger partial charge in [-0.3, -0.25) is 4.79 Å². The summed E-state index contributed by atoms with van der Waals surface area (Å²) in [5.41, 5.74) is 2.82. The van der Waals surface area contributed by atoms with Crippen LogP contribution in [0, 0.1) is 13.8 Å². The molecule has 0 saturated carbocycles. The smallest absolute Gasteiger partial charge is 0.243 e. The zero-order valence-electron chi connectivity index (χ0n) is 19.6. The van der Waals surface area contributed by atoms with Gasteiger partial charge < -0.3 is 14.8 Å². The van der Waals surface area contributed by atoms with Crippen LogP contribution in [0.5, 0.6) is 5.75 Å². The van der Waals surface area contributed by atoms with Gasteiger partial charge >= 0.3 is 0 Å². The van der Waals surface area contributed by atoms with Gasteiger partial charge in [-0.05, 0) is 69.2 Å². The fraction of sp³-hybridized carbons (Fsp3) is 0.458. The predicted octanol–water partition coefficient (Wildman–Crippen LogP) is 4.23. The number of amides is 1. The number of hydrogen-bond acceptors (Lipinski definition) is 6. The molecular formula is C24H32N2O5S2. The second-order valence-corrected chi connectivity index (χ2v) is 11.3. The topological polar surface area (TPSA) is 84.9 Å². The van der Waals surface area contributed by atoms with Crippen molar-refractivity contribution in [3.8, 4) is 5.75 Å². The highest BCUT2D eigenvalue weighted by atomic mass is 32.2. The fourth-order valence-corrected chi connectivity index (χ4v) is 5.72. The lowest BCUT2D eigenvalue weighted by Gasteiger charge is -2.26. The lowest BCUT2D eigenvalue weighted by molar-refractivity contribution is -0.115. The molecule has 1 N–H and O–H groups in total. The number of carbonyl (C=O) groups excluding carboxylic acids is 1. The van der Waals surface area contributed by atoms with E-state index in [1.54, 1.807) is 17.8 Å². The Morgan fingerprint density at radius 2 is 1.85 bits per heavy atom. The maximum Gasteiger partial charge on any atom is 0.243 e. The van der Waals surface area contributed by atoms with Gasteiger partial charge in [0.05, 0.1) is 29.9 Å². The lowest BCUT2D eigenvalue weighted by Crippen LogP contribution is -2.40. The molecule has 0 bridgehead atoms. The van der Waals surface area contributed by atoms with Gasteiger partial charge in [-0.15, -0.1) is 11.8 Å². The molecule has 1 amide bonds. The Morgan fingerprint density at radius 1 is 1.12 bits per heavy atom. The molecule has 2 aromatic rings. The normalized spacial score (nSPS) is 14.9. The first-order chi connectivity index (χ1) is 15.7. The van der Waals surface area contributed by atoms with Gasteiger partial charge in [-0.25, -0.2) is 8.42 Å².